The first kappa shape index (κ1) is 22.8. The van der Waals surface area contributed by atoms with Crippen molar-refractivity contribution < 1.29 is 21.9 Å². The van der Waals surface area contributed by atoms with E-state index in [1.54, 1.807) is 47.1 Å². The van der Waals surface area contributed by atoms with Crippen molar-refractivity contribution in [2.45, 2.75) is 4.90 Å². The van der Waals surface area contributed by atoms with E-state index in [1.807, 2.05) is 6.07 Å². The van der Waals surface area contributed by atoms with Crippen molar-refractivity contribution in [2.75, 3.05) is 4.72 Å². The number of halogens is 3. The molecule has 7 nitrogen and oxygen atoms in total. The average molecular weight is 513 g/mol. The van der Waals surface area contributed by atoms with Gasteiger partial charge in [-0.05, 0) is 42.5 Å². The molecule has 0 atom stereocenters. The number of ether oxygens (including phenoxy) is 1. The van der Waals surface area contributed by atoms with E-state index >= 15 is 0 Å². The van der Waals surface area contributed by atoms with Gasteiger partial charge in [-0.25, -0.2) is 27.2 Å². The molecule has 3 heterocycles. The fourth-order valence-corrected chi connectivity index (χ4v) is 4.74. The second-order valence-electron chi connectivity index (χ2n) is 7.34. The molecule has 0 aliphatic heterocycles. The Labute approximate surface area is 203 Å². The SMILES string of the molecule is O=S(=O)(Nc1ccccn1)c1cc(F)c(Oc2ccc(Cl)cc2-c2cccc3nccn23)cc1F. The lowest BCUT2D eigenvalue weighted by molar-refractivity contribution is 0.433. The zero-order chi connectivity index (χ0) is 24.6. The Hall–Kier alpha value is -4.02. The molecular weight excluding hydrogens is 498 g/mol. The van der Waals surface area contributed by atoms with Gasteiger partial charge in [0.15, 0.2) is 11.6 Å². The van der Waals surface area contributed by atoms with Crippen LogP contribution in [0.25, 0.3) is 16.9 Å². The molecule has 0 saturated carbocycles. The molecule has 5 aromatic rings. The highest BCUT2D eigenvalue weighted by Crippen LogP contribution is 2.37. The molecule has 11 heteroatoms. The maximum Gasteiger partial charge on any atom is 0.266 e. The van der Waals surface area contributed by atoms with Crippen LogP contribution in [-0.4, -0.2) is 22.8 Å². The first-order chi connectivity index (χ1) is 16.8. The van der Waals surface area contributed by atoms with E-state index < -0.39 is 32.3 Å². The molecule has 0 saturated heterocycles. The maximum absolute atomic E-state index is 15.0. The highest BCUT2D eigenvalue weighted by Gasteiger charge is 2.24. The summed E-state index contributed by atoms with van der Waals surface area (Å²) >= 11 is 6.20. The minimum Gasteiger partial charge on any atom is -0.453 e. The Bertz CT molecular complexity index is 1660. The molecular formula is C24H15ClF2N4O3S. The van der Waals surface area contributed by atoms with Gasteiger partial charge in [0.2, 0.25) is 0 Å². The fraction of sp³-hybridized carbons (Fsp3) is 0. The Balaban J connectivity index is 1.52. The van der Waals surface area contributed by atoms with E-state index in [2.05, 4.69) is 14.7 Å². The van der Waals surface area contributed by atoms with Crippen molar-refractivity contribution in [3.63, 3.8) is 0 Å². The Morgan fingerprint density at radius 1 is 0.886 bits per heavy atom. The van der Waals surface area contributed by atoms with Crippen LogP contribution in [0.3, 0.4) is 0 Å². The van der Waals surface area contributed by atoms with Gasteiger partial charge in [-0.3, -0.25) is 9.12 Å². The lowest BCUT2D eigenvalue weighted by Crippen LogP contribution is -2.16. The first-order valence-corrected chi connectivity index (χ1v) is 12.0. The topological polar surface area (TPSA) is 85.6 Å². The smallest absolute Gasteiger partial charge is 0.266 e. The van der Waals surface area contributed by atoms with E-state index in [0.29, 0.717) is 34.1 Å². The molecule has 176 valence electrons. The summed E-state index contributed by atoms with van der Waals surface area (Å²) in [6, 6.07) is 15.8. The molecule has 5 rings (SSSR count). The Morgan fingerprint density at radius 2 is 1.74 bits per heavy atom. The second kappa shape index (κ2) is 8.97. The van der Waals surface area contributed by atoms with Gasteiger partial charge in [0.1, 0.15) is 27.9 Å². The molecule has 0 fully saturated rings. The highest BCUT2D eigenvalue weighted by molar-refractivity contribution is 7.92. The lowest BCUT2D eigenvalue weighted by Gasteiger charge is -2.15. The van der Waals surface area contributed by atoms with Gasteiger partial charge >= 0.3 is 0 Å². The standard InChI is InChI=1S/C24H15ClF2N4O3S/c25-15-7-8-20(16(12-15)19-4-3-6-24-29-10-11-31(19)24)34-21-13-18(27)22(14-17(21)26)35(32,33)30-23-5-1-2-9-28-23/h1-14H,(H,28,30). The van der Waals surface area contributed by atoms with E-state index in [4.69, 9.17) is 16.3 Å². The van der Waals surface area contributed by atoms with Crippen molar-refractivity contribution in [2.24, 2.45) is 0 Å². The third-order valence-electron chi connectivity index (χ3n) is 5.05. The van der Waals surface area contributed by atoms with Gasteiger partial charge in [0.25, 0.3) is 10.0 Å². The van der Waals surface area contributed by atoms with E-state index in [0.717, 1.165) is 0 Å². The second-order valence-corrected chi connectivity index (χ2v) is 9.43. The minimum atomic E-state index is -4.44. The van der Waals surface area contributed by atoms with E-state index in [-0.39, 0.29) is 11.6 Å². The van der Waals surface area contributed by atoms with Crippen molar-refractivity contribution >= 4 is 33.1 Å². The highest BCUT2D eigenvalue weighted by atomic mass is 35.5. The van der Waals surface area contributed by atoms with Crippen LogP contribution in [-0.2, 0) is 10.0 Å². The monoisotopic (exact) mass is 512 g/mol. The number of nitrogens with zero attached hydrogens (tertiary/aromatic N) is 3. The van der Waals surface area contributed by atoms with E-state index in [9.17, 15) is 17.2 Å². The summed E-state index contributed by atoms with van der Waals surface area (Å²) in [6.07, 6.45) is 4.72. The first-order valence-electron chi connectivity index (χ1n) is 10.1. The number of rotatable bonds is 6. The van der Waals surface area contributed by atoms with E-state index in [1.165, 1.54) is 24.4 Å². The third kappa shape index (κ3) is 4.53. The number of sulfonamides is 1. The van der Waals surface area contributed by atoms with Crippen LogP contribution < -0.4 is 9.46 Å². The quantitative estimate of drug-likeness (QED) is 0.305. The molecule has 2 aromatic carbocycles. The van der Waals surface area contributed by atoms with Gasteiger partial charge in [-0.15, -0.1) is 0 Å². The van der Waals surface area contributed by atoms with Crippen molar-refractivity contribution in [1.82, 2.24) is 14.4 Å². The van der Waals surface area contributed by atoms with Gasteiger partial charge in [0, 0.05) is 41.3 Å². The zero-order valence-corrected chi connectivity index (χ0v) is 19.3. The minimum absolute atomic E-state index is 0.0351. The summed E-state index contributed by atoms with van der Waals surface area (Å²) < 4.78 is 64.6. The predicted molar refractivity (Wildman–Crippen MR) is 127 cm³/mol. The molecule has 0 spiro atoms. The summed E-state index contributed by atoms with van der Waals surface area (Å²) in [7, 11) is -4.44. The average Bonchev–Trinajstić information content (AvgIpc) is 3.32. The third-order valence-corrected chi connectivity index (χ3v) is 6.65. The van der Waals surface area contributed by atoms with Crippen LogP contribution in [0.2, 0.25) is 5.02 Å². The van der Waals surface area contributed by atoms with Crippen molar-refractivity contribution in [3.05, 3.63) is 102 Å². The Morgan fingerprint density at radius 3 is 2.54 bits per heavy atom. The summed E-state index contributed by atoms with van der Waals surface area (Å²) in [4.78, 5) is 7.19. The van der Waals surface area contributed by atoms with Crippen LogP contribution in [0, 0.1) is 11.6 Å². The fourth-order valence-electron chi connectivity index (χ4n) is 3.49. The van der Waals surface area contributed by atoms with Gasteiger partial charge in [-0.2, -0.15) is 0 Å². The number of anilines is 1. The van der Waals surface area contributed by atoms with Crippen molar-refractivity contribution in [3.8, 4) is 22.8 Å². The van der Waals surface area contributed by atoms with Gasteiger partial charge < -0.3 is 4.74 Å². The zero-order valence-electron chi connectivity index (χ0n) is 17.7. The number of aromatic nitrogens is 3. The summed E-state index contributed by atoms with van der Waals surface area (Å²) in [6.45, 7) is 0. The normalized spacial score (nSPS) is 11.5. The molecule has 0 bridgehead atoms. The van der Waals surface area contributed by atoms with Crippen LogP contribution >= 0.6 is 11.6 Å². The molecule has 0 radical (unpaired) electrons. The molecule has 0 aliphatic rings. The van der Waals surface area contributed by atoms with Crippen LogP contribution in [0.1, 0.15) is 0 Å². The number of hydrogen-bond donors (Lipinski definition) is 1. The van der Waals surface area contributed by atoms with Crippen LogP contribution in [0.15, 0.2) is 90.2 Å². The molecule has 0 aliphatic carbocycles. The summed E-state index contributed by atoms with van der Waals surface area (Å²) in [5.74, 6) is -2.63. The molecule has 3 aromatic heterocycles. The van der Waals surface area contributed by atoms with Gasteiger partial charge in [-0.1, -0.05) is 23.7 Å². The lowest BCUT2D eigenvalue weighted by atomic mass is 10.1. The number of pyridine rings is 2. The number of fused-ring (bicyclic) bond motifs is 1. The molecule has 0 unspecified atom stereocenters. The molecule has 35 heavy (non-hydrogen) atoms. The summed E-state index contributed by atoms with van der Waals surface area (Å²) in [5, 5.41) is 0.401. The number of hydrogen-bond acceptors (Lipinski definition) is 5. The van der Waals surface area contributed by atoms with Crippen LogP contribution in [0.5, 0.6) is 11.5 Å². The number of benzene rings is 2. The maximum atomic E-state index is 15.0. The largest absolute Gasteiger partial charge is 0.453 e. The van der Waals surface area contributed by atoms with Gasteiger partial charge in [0.05, 0.1) is 5.69 Å². The molecule has 1 N–H and O–H groups in total. The Kier molecular flexibility index (Phi) is 5.83. The van der Waals surface area contributed by atoms with Crippen LogP contribution in [0.4, 0.5) is 14.6 Å². The summed E-state index contributed by atoms with van der Waals surface area (Å²) in [5.41, 5.74) is 1.81. The molecule has 0 amide bonds. The van der Waals surface area contributed by atoms with Crippen molar-refractivity contribution in [1.29, 1.82) is 0 Å². The number of nitrogens with one attached hydrogen (secondary N) is 1. The number of imidazole rings is 1. The predicted octanol–water partition coefficient (Wildman–Crippen LogP) is 5.92.